The zero-order chi connectivity index (χ0) is 25.5. The van der Waals surface area contributed by atoms with E-state index < -0.39 is 35.6 Å². The minimum Gasteiger partial charge on any atom is -0.477 e. The van der Waals surface area contributed by atoms with Crippen molar-refractivity contribution >= 4 is 34.9 Å². The molecular weight excluding hydrogens is 501 g/mol. The van der Waals surface area contributed by atoms with Gasteiger partial charge in [0, 0.05) is 30.3 Å². The van der Waals surface area contributed by atoms with Crippen molar-refractivity contribution in [1.82, 2.24) is 14.3 Å². The van der Waals surface area contributed by atoms with Crippen molar-refractivity contribution in [3.05, 3.63) is 79.4 Å². The summed E-state index contributed by atoms with van der Waals surface area (Å²) in [6, 6.07) is 6.53. The van der Waals surface area contributed by atoms with Gasteiger partial charge in [-0.1, -0.05) is 48.7 Å². The Morgan fingerprint density at radius 3 is 2.49 bits per heavy atom. The van der Waals surface area contributed by atoms with Crippen LogP contribution in [-0.4, -0.2) is 25.4 Å². The minimum absolute atomic E-state index is 0.0731. The standard InChI is InChI=1S/C24H24Cl2F2N4O3/c1-3-10-24(27,28)21-18(20(23(34)35)32(30-21)16-8-9-16)19(13-4-6-14(25)7-5-13)29-15-11-17(26)22(33)31(2)12-15/h4-7,11-12,16,19,29H,3,8-10H2,1-2H3,(H,34,35). The average molecular weight is 525 g/mol. The highest BCUT2D eigenvalue weighted by atomic mass is 35.5. The summed E-state index contributed by atoms with van der Waals surface area (Å²) in [5, 5.41) is 17.8. The fourth-order valence-electron chi connectivity index (χ4n) is 4.11. The van der Waals surface area contributed by atoms with Gasteiger partial charge in [-0.3, -0.25) is 9.48 Å². The van der Waals surface area contributed by atoms with Gasteiger partial charge >= 0.3 is 5.97 Å². The van der Waals surface area contributed by atoms with Crippen molar-refractivity contribution in [3.63, 3.8) is 0 Å². The number of alkyl halides is 2. The third kappa shape index (κ3) is 5.06. The molecule has 0 bridgehead atoms. The van der Waals surface area contributed by atoms with Crippen LogP contribution in [0.15, 0.2) is 41.3 Å². The summed E-state index contributed by atoms with van der Waals surface area (Å²) in [5.41, 5.74) is -0.588. The molecule has 1 aliphatic rings. The van der Waals surface area contributed by atoms with Gasteiger partial charge in [0.15, 0.2) is 5.69 Å². The number of rotatable bonds is 9. The Morgan fingerprint density at radius 1 is 1.29 bits per heavy atom. The SMILES string of the molecule is CCCC(F)(F)c1nn(C2CC2)c(C(=O)O)c1C(Nc1cc(Cl)c(=O)n(C)c1)c1ccc(Cl)cc1. The first kappa shape index (κ1) is 25.2. The molecule has 0 saturated heterocycles. The van der Waals surface area contributed by atoms with Crippen LogP contribution in [0.1, 0.15) is 72.0 Å². The number of nitrogens with zero attached hydrogens (tertiary/aromatic N) is 3. The first-order chi connectivity index (χ1) is 16.5. The van der Waals surface area contributed by atoms with E-state index in [4.69, 9.17) is 23.2 Å². The minimum atomic E-state index is -3.36. The smallest absolute Gasteiger partial charge is 0.354 e. The van der Waals surface area contributed by atoms with E-state index in [9.17, 15) is 14.7 Å². The molecule has 2 N–H and O–H groups in total. The van der Waals surface area contributed by atoms with Gasteiger partial charge < -0.3 is 15.0 Å². The molecular formula is C24H24Cl2F2N4O3. The van der Waals surface area contributed by atoms with Gasteiger partial charge in [0.05, 0.1) is 17.8 Å². The first-order valence-electron chi connectivity index (χ1n) is 11.2. The normalized spacial score (nSPS) is 14.7. The molecule has 1 unspecified atom stereocenters. The number of aryl methyl sites for hydroxylation is 1. The Balaban J connectivity index is 1.98. The van der Waals surface area contributed by atoms with Crippen LogP contribution in [0.4, 0.5) is 14.5 Å². The number of aromatic carboxylic acids is 1. The molecule has 0 amide bonds. The van der Waals surface area contributed by atoms with Crippen LogP contribution in [-0.2, 0) is 13.0 Å². The predicted octanol–water partition coefficient (Wildman–Crippen LogP) is 6.02. The van der Waals surface area contributed by atoms with Crippen LogP contribution in [0.2, 0.25) is 10.0 Å². The zero-order valence-corrected chi connectivity index (χ0v) is 20.6. The molecule has 7 nitrogen and oxygen atoms in total. The third-order valence-electron chi connectivity index (χ3n) is 5.90. The Bertz CT molecular complexity index is 1290. The molecule has 1 atom stereocenters. The van der Waals surface area contributed by atoms with Crippen molar-refractivity contribution in [2.45, 2.75) is 50.6 Å². The van der Waals surface area contributed by atoms with E-state index in [1.165, 1.54) is 28.6 Å². The van der Waals surface area contributed by atoms with Crippen LogP contribution < -0.4 is 10.9 Å². The molecule has 186 valence electrons. The zero-order valence-electron chi connectivity index (χ0n) is 19.1. The molecule has 0 aliphatic heterocycles. The Kier molecular flexibility index (Phi) is 6.92. The van der Waals surface area contributed by atoms with Gasteiger partial charge in [0.1, 0.15) is 10.7 Å². The molecule has 0 radical (unpaired) electrons. The maximum atomic E-state index is 15.4. The second kappa shape index (κ2) is 9.62. The summed E-state index contributed by atoms with van der Waals surface area (Å²) in [7, 11) is 1.51. The highest BCUT2D eigenvalue weighted by molar-refractivity contribution is 6.30. The highest BCUT2D eigenvalue weighted by Crippen LogP contribution is 2.45. The lowest BCUT2D eigenvalue weighted by molar-refractivity contribution is -0.0199. The summed E-state index contributed by atoms with van der Waals surface area (Å²) >= 11 is 12.1. The third-order valence-corrected chi connectivity index (χ3v) is 6.42. The van der Waals surface area contributed by atoms with Gasteiger partial charge in [-0.2, -0.15) is 13.9 Å². The van der Waals surface area contributed by atoms with E-state index in [1.54, 1.807) is 31.2 Å². The number of anilines is 1. The largest absolute Gasteiger partial charge is 0.477 e. The van der Waals surface area contributed by atoms with E-state index in [2.05, 4.69) is 10.4 Å². The number of hydrogen-bond acceptors (Lipinski definition) is 4. The molecule has 1 aromatic carbocycles. The van der Waals surface area contributed by atoms with Gasteiger partial charge in [-0.15, -0.1) is 0 Å². The Morgan fingerprint density at radius 2 is 1.94 bits per heavy atom. The van der Waals surface area contributed by atoms with E-state index in [0.29, 0.717) is 29.1 Å². The van der Waals surface area contributed by atoms with E-state index in [1.807, 2.05) is 0 Å². The number of carboxylic acid groups (broad SMARTS) is 1. The maximum Gasteiger partial charge on any atom is 0.354 e. The predicted molar refractivity (Wildman–Crippen MR) is 130 cm³/mol. The molecule has 4 rings (SSSR count). The molecule has 2 heterocycles. The topological polar surface area (TPSA) is 89.2 Å². The van der Waals surface area contributed by atoms with Gasteiger partial charge in [-0.05, 0) is 36.6 Å². The fourth-order valence-corrected chi connectivity index (χ4v) is 4.49. The number of halogens is 4. The molecule has 35 heavy (non-hydrogen) atoms. The molecule has 0 spiro atoms. The van der Waals surface area contributed by atoms with Crippen molar-refractivity contribution in [3.8, 4) is 0 Å². The number of nitrogens with one attached hydrogen (secondary N) is 1. The maximum absolute atomic E-state index is 15.4. The van der Waals surface area contributed by atoms with Gasteiger partial charge in [-0.25, -0.2) is 4.79 Å². The molecule has 1 aliphatic carbocycles. The summed E-state index contributed by atoms with van der Waals surface area (Å²) in [4.78, 5) is 24.5. The summed E-state index contributed by atoms with van der Waals surface area (Å²) in [6.07, 6.45) is 2.48. The number of carbonyl (C=O) groups is 1. The lowest BCUT2D eigenvalue weighted by Gasteiger charge is -2.24. The number of hydrogen-bond donors (Lipinski definition) is 2. The van der Waals surface area contributed by atoms with Crippen molar-refractivity contribution < 1.29 is 18.7 Å². The van der Waals surface area contributed by atoms with Crippen LogP contribution in [0.5, 0.6) is 0 Å². The van der Waals surface area contributed by atoms with E-state index in [-0.39, 0.29) is 28.7 Å². The second-order valence-corrected chi connectivity index (χ2v) is 9.51. The molecule has 3 aromatic rings. The number of pyridine rings is 1. The second-order valence-electron chi connectivity index (χ2n) is 8.67. The summed E-state index contributed by atoms with van der Waals surface area (Å²) in [6.45, 7) is 1.63. The quantitative estimate of drug-likeness (QED) is 0.357. The van der Waals surface area contributed by atoms with Crippen molar-refractivity contribution in [2.24, 2.45) is 7.05 Å². The highest BCUT2D eigenvalue weighted by Gasteiger charge is 2.44. The fraction of sp³-hybridized carbons (Fsp3) is 0.375. The first-order valence-corrected chi connectivity index (χ1v) is 11.9. The Labute approximate surface area is 210 Å². The average Bonchev–Trinajstić information content (AvgIpc) is 3.55. The molecule has 11 heteroatoms. The molecule has 1 saturated carbocycles. The van der Waals surface area contributed by atoms with Crippen LogP contribution in [0.25, 0.3) is 0 Å². The van der Waals surface area contributed by atoms with E-state index >= 15 is 8.78 Å². The van der Waals surface area contributed by atoms with Gasteiger partial charge in [0.2, 0.25) is 0 Å². The number of aromatic nitrogens is 3. The lowest BCUT2D eigenvalue weighted by Crippen LogP contribution is -2.24. The molecule has 2 aromatic heterocycles. The summed E-state index contributed by atoms with van der Waals surface area (Å²) in [5.74, 6) is -4.71. The number of benzene rings is 1. The monoisotopic (exact) mass is 524 g/mol. The van der Waals surface area contributed by atoms with Crippen molar-refractivity contribution in [2.75, 3.05) is 5.32 Å². The lowest BCUT2D eigenvalue weighted by atomic mass is 9.93. The Hall–Kier alpha value is -2.91. The van der Waals surface area contributed by atoms with Gasteiger partial charge in [0.25, 0.3) is 11.5 Å². The van der Waals surface area contributed by atoms with E-state index in [0.717, 1.165) is 0 Å². The van der Waals surface area contributed by atoms with Crippen molar-refractivity contribution in [1.29, 1.82) is 0 Å². The van der Waals surface area contributed by atoms with Crippen LogP contribution >= 0.6 is 23.2 Å². The summed E-state index contributed by atoms with van der Waals surface area (Å²) < 4.78 is 33.3. The van der Waals surface area contributed by atoms with Crippen LogP contribution in [0, 0.1) is 0 Å². The molecule has 1 fully saturated rings. The number of carboxylic acids is 1. The van der Waals surface area contributed by atoms with Crippen LogP contribution in [0.3, 0.4) is 0 Å².